The van der Waals surface area contributed by atoms with Gasteiger partial charge in [-0.1, -0.05) is 19.1 Å². The Hall–Kier alpha value is -3.07. The number of amides is 2. The zero-order chi connectivity index (χ0) is 22.6. The van der Waals surface area contributed by atoms with Gasteiger partial charge in [-0.3, -0.25) is 14.3 Å². The number of ether oxygens (including phenoxy) is 1. The number of methoxy groups -OCH3 is 1. The van der Waals surface area contributed by atoms with Crippen LogP contribution in [0.5, 0.6) is 5.75 Å². The van der Waals surface area contributed by atoms with Crippen LogP contribution in [0.4, 0.5) is 17.1 Å². The SMILES string of the molecule is CCCS(=O)(=O)Nc1cccc(NC(=O)C2CC(=O)N(c3cccc(OC)c3)C2)c1C. The first kappa shape index (κ1) is 22.6. The third kappa shape index (κ3) is 5.35. The Morgan fingerprint density at radius 1 is 1.19 bits per heavy atom. The lowest BCUT2D eigenvalue weighted by molar-refractivity contribution is -0.122. The standard InChI is InChI=1S/C22H27N3O5S/c1-4-11-31(28,29)24-20-10-6-9-19(15(20)2)23-22(27)16-12-21(26)25(14-16)17-7-5-8-18(13-17)30-3/h5-10,13,16,24H,4,11-12,14H2,1-3H3,(H,23,27). The first-order valence-electron chi connectivity index (χ1n) is 10.1. The topological polar surface area (TPSA) is 105 Å². The number of carbonyl (C=O) groups is 2. The minimum atomic E-state index is -3.44. The summed E-state index contributed by atoms with van der Waals surface area (Å²) in [7, 11) is -1.89. The van der Waals surface area contributed by atoms with Gasteiger partial charge in [-0.25, -0.2) is 8.42 Å². The maximum absolute atomic E-state index is 12.9. The molecule has 0 aromatic heterocycles. The van der Waals surface area contributed by atoms with Gasteiger partial charge in [0.25, 0.3) is 0 Å². The van der Waals surface area contributed by atoms with E-state index in [0.717, 1.165) is 0 Å². The van der Waals surface area contributed by atoms with Crippen LogP contribution in [-0.2, 0) is 19.6 Å². The molecule has 31 heavy (non-hydrogen) atoms. The minimum Gasteiger partial charge on any atom is -0.497 e. The zero-order valence-corrected chi connectivity index (χ0v) is 18.7. The maximum Gasteiger partial charge on any atom is 0.232 e. The first-order valence-corrected chi connectivity index (χ1v) is 11.7. The van der Waals surface area contributed by atoms with E-state index < -0.39 is 15.9 Å². The average molecular weight is 446 g/mol. The Bertz CT molecular complexity index is 1080. The summed E-state index contributed by atoms with van der Waals surface area (Å²) in [4.78, 5) is 26.9. The van der Waals surface area contributed by atoms with Crippen molar-refractivity contribution in [1.82, 2.24) is 0 Å². The van der Waals surface area contributed by atoms with E-state index in [0.29, 0.717) is 34.8 Å². The van der Waals surface area contributed by atoms with E-state index in [1.165, 1.54) is 0 Å². The van der Waals surface area contributed by atoms with Crippen LogP contribution in [0.1, 0.15) is 25.3 Å². The number of hydrogen-bond donors (Lipinski definition) is 2. The molecule has 1 fully saturated rings. The van der Waals surface area contributed by atoms with Crippen molar-refractivity contribution in [2.75, 3.05) is 34.3 Å². The molecule has 1 aliphatic rings. The van der Waals surface area contributed by atoms with Gasteiger partial charge in [-0.2, -0.15) is 0 Å². The molecule has 2 aromatic carbocycles. The molecule has 0 saturated carbocycles. The van der Waals surface area contributed by atoms with Crippen LogP contribution in [-0.4, -0.2) is 39.6 Å². The molecule has 8 nitrogen and oxygen atoms in total. The number of nitrogens with one attached hydrogen (secondary N) is 2. The number of hydrogen-bond acceptors (Lipinski definition) is 5. The van der Waals surface area contributed by atoms with E-state index in [9.17, 15) is 18.0 Å². The van der Waals surface area contributed by atoms with E-state index >= 15 is 0 Å². The molecule has 0 aliphatic carbocycles. The largest absolute Gasteiger partial charge is 0.497 e. The molecule has 1 saturated heterocycles. The van der Waals surface area contributed by atoms with Crippen LogP contribution in [0.25, 0.3) is 0 Å². The van der Waals surface area contributed by atoms with Gasteiger partial charge in [0.1, 0.15) is 5.75 Å². The van der Waals surface area contributed by atoms with E-state index in [1.807, 2.05) is 0 Å². The number of anilines is 3. The number of nitrogens with zero attached hydrogens (tertiary/aromatic N) is 1. The summed E-state index contributed by atoms with van der Waals surface area (Å²) in [6.45, 7) is 3.79. The molecule has 2 amide bonds. The number of benzene rings is 2. The molecule has 2 aromatic rings. The van der Waals surface area contributed by atoms with Crippen molar-refractivity contribution < 1.29 is 22.7 Å². The fourth-order valence-electron chi connectivity index (χ4n) is 3.51. The van der Waals surface area contributed by atoms with Gasteiger partial charge in [0.15, 0.2) is 0 Å². The average Bonchev–Trinajstić information content (AvgIpc) is 3.12. The van der Waals surface area contributed by atoms with E-state index in [4.69, 9.17) is 4.74 Å². The number of rotatable bonds is 8. The lowest BCUT2D eigenvalue weighted by Gasteiger charge is -2.18. The molecular weight excluding hydrogens is 418 g/mol. The van der Waals surface area contributed by atoms with Crippen molar-refractivity contribution in [3.8, 4) is 5.75 Å². The van der Waals surface area contributed by atoms with Crippen LogP contribution in [0.3, 0.4) is 0 Å². The third-order valence-corrected chi connectivity index (χ3v) is 6.67. The Labute approximate surface area is 182 Å². The van der Waals surface area contributed by atoms with E-state index in [2.05, 4.69) is 10.0 Å². The van der Waals surface area contributed by atoms with Gasteiger partial charge in [0.2, 0.25) is 21.8 Å². The Kier molecular flexibility index (Phi) is 6.84. The lowest BCUT2D eigenvalue weighted by atomic mass is 10.1. The van der Waals surface area contributed by atoms with Crippen LogP contribution in [0, 0.1) is 12.8 Å². The van der Waals surface area contributed by atoms with Crippen molar-refractivity contribution >= 4 is 38.9 Å². The summed E-state index contributed by atoms with van der Waals surface area (Å²) in [5.74, 6) is -0.274. The fourth-order valence-corrected chi connectivity index (χ4v) is 4.71. The number of sulfonamides is 1. The monoisotopic (exact) mass is 445 g/mol. The van der Waals surface area contributed by atoms with Crippen molar-refractivity contribution in [2.45, 2.75) is 26.7 Å². The van der Waals surface area contributed by atoms with Crippen molar-refractivity contribution in [2.24, 2.45) is 5.92 Å². The predicted octanol–water partition coefficient (Wildman–Crippen LogP) is 3.15. The molecule has 1 atom stereocenters. The third-order valence-electron chi connectivity index (χ3n) is 5.19. The zero-order valence-electron chi connectivity index (χ0n) is 17.8. The molecule has 3 rings (SSSR count). The molecule has 0 radical (unpaired) electrons. The van der Waals surface area contributed by atoms with Gasteiger partial charge in [0.05, 0.1) is 24.5 Å². The quantitative estimate of drug-likeness (QED) is 0.650. The Balaban J connectivity index is 1.72. The van der Waals surface area contributed by atoms with E-state index in [1.54, 1.807) is 68.3 Å². The summed E-state index contributed by atoms with van der Waals surface area (Å²) in [6.07, 6.45) is 0.606. The van der Waals surface area contributed by atoms with E-state index in [-0.39, 0.29) is 30.5 Å². The highest BCUT2D eigenvalue weighted by atomic mass is 32.2. The predicted molar refractivity (Wildman–Crippen MR) is 121 cm³/mol. The van der Waals surface area contributed by atoms with Crippen molar-refractivity contribution in [1.29, 1.82) is 0 Å². The molecule has 1 unspecified atom stereocenters. The summed E-state index contributed by atoms with van der Waals surface area (Å²) < 4.78 is 32.0. The van der Waals surface area contributed by atoms with Gasteiger partial charge < -0.3 is 15.0 Å². The summed E-state index contributed by atoms with van der Waals surface area (Å²) in [5, 5.41) is 2.85. The van der Waals surface area contributed by atoms with Gasteiger partial charge in [-0.15, -0.1) is 0 Å². The second-order valence-corrected chi connectivity index (χ2v) is 9.34. The molecule has 0 bridgehead atoms. The van der Waals surface area contributed by atoms with Gasteiger partial charge in [-0.05, 0) is 43.2 Å². The Morgan fingerprint density at radius 2 is 1.90 bits per heavy atom. The molecule has 1 heterocycles. The van der Waals surface area contributed by atoms with Gasteiger partial charge in [0, 0.05) is 30.4 Å². The highest BCUT2D eigenvalue weighted by Gasteiger charge is 2.35. The minimum absolute atomic E-state index is 0.0211. The first-order chi connectivity index (χ1) is 14.7. The second-order valence-electron chi connectivity index (χ2n) is 7.50. The smallest absolute Gasteiger partial charge is 0.232 e. The maximum atomic E-state index is 12.9. The highest BCUT2D eigenvalue weighted by molar-refractivity contribution is 7.92. The molecular formula is C22H27N3O5S. The lowest BCUT2D eigenvalue weighted by Crippen LogP contribution is -2.28. The molecule has 9 heteroatoms. The molecule has 1 aliphatic heterocycles. The van der Waals surface area contributed by atoms with Crippen molar-refractivity contribution in [3.05, 3.63) is 48.0 Å². The van der Waals surface area contributed by atoms with Crippen LogP contribution in [0.15, 0.2) is 42.5 Å². The Morgan fingerprint density at radius 3 is 2.61 bits per heavy atom. The second kappa shape index (κ2) is 9.38. The van der Waals surface area contributed by atoms with Gasteiger partial charge >= 0.3 is 0 Å². The molecule has 2 N–H and O–H groups in total. The van der Waals surface area contributed by atoms with Crippen LogP contribution >= 0.6 is 0 Å². The molecule has 166 valence electrons. The van der Waals surface area contributed by atoms with Crippen LogP contribution in [0.2, 0.25) is 0 Å². The summed E-state index contributed by atoms with van der Waals surface area (Å²) in [5.41, 5.74) is 2.23. The number of carbonyl (C=O) groups excluding carboxylic acids is 2. The highest BCUT2D eigenvalue weighted by Crippen LogP contribution is 2.30. The summed E-state index contributed by atoms with van der Waals surface area (Å²) >= 11 is 0. The summed E-state index contributed by atoms with van der Waals surface area (Å²) in [6, 6.07) is 12.2. The molecule has 0 spiro atoms. The fraction of sp³-hybridized carbons (Fsp3) is 0.364. The normalized spacial score (nSPS) is 16.3. The van der Waals surface area contributed by atoms with Crippen LogP contribution < -0.4 is 19.7 Å². The van der Waals surface area contributed by atoms with Crippen molar-refractivity contribution in [3.63, 3.8) is 0 Å².